The number of benzene rings is 1. The zero-order chi connectivity index (χ0) is 31.4. The van der Waals surface area contributed by atoms with E-state index < -0.39 is 76.5 Å². The van der Waals surface area contributed by atoms with Gasteiger partial charge in [-0.25, -0.2) is 4.79 Å². The number of hydrogen-bond acceptors (Lipinski definition) is 12. The van der Waals surface area contributed by atoms with Crippen LogP contribution in [0.15, 0.2) is 24.3 Å². The molecular formula is C32H45NO11. The molecule has 1 saturated heterocycles. The molecule has 1 aromatic carbocycles. The van der Waals surface area contributed by atoms with Crippen LogP contribution in [0.1, 0.15) is 23.2 Å². The van der Waals surface area contributed by atoms with Crippen LogP contribution in [0.3, 0.4) is 0 Å². The van der Waals surface area contributed by atoms with Crippen molar-refractivity contribution in [2.75, 3.05) is 55.8 Å². The molecule has 1 unspecified atom stereocenters. The summed E-state index contributed by atoms with van der Waals surface area (Å²) in [6, 6.07) is 6.33. The average molecular weight is 620 g/mol. The van der Waals surface area contributed by atoms with Gasteiger partial charge in [-0.3, -0.25) is 0 Å². The standard InChI is InChI=1S/C32H45NO11/c1-38-14-29-13-33-24-21-22(41-4)23(29)31(24,19(40-3)11-18(29)34)17-12-30(37)26(20(17)32(21,43-6)25(35)27(30)42-5)44-28(36)15-7-9-16(39-2)10-8-15/h7-10,17-27,33-35,37H,11-14H2,1-6H3/t17-,18?,19+,20-,21+,22+,23-,24-,25+,26-,27+,29+,30+,31+,32-/m1/s1. The number of piperidine rings is 1. The lowest BCUT2D eigenvalue weighted by Crippen LogP contribution is -2.81. The number of aliphatic hydroxyl groups excluding tert-OH is 2. The maximum Gasteiger partial charge on any atom is 0.338 e. The molecule has 7 bridgehead atoms. The molecule has 0 amide bonds. The van der Waals surface area contributed by atoms with Gasteiger partial charge in [-0.05, 0) is 36.6 Å². The van der Waals surface area contributed by atoms with E-state index in [1.54, 1.807) is 59.8 Å². The summed E-state index contributed by atoms with van der Waals surface area (Å²) in [5, 5.41) is 40.5. The number of rotatable bonds is 9. The molecule has 1 aromatic rings. The lowest BCUT2D eigenvalue weighted by molar-refractivity contribution is -0.314. The highest BCUT2D eigenvalue weighted by atomic mass is 16.6. The molecule has 1 aliphatic heterocycles. The first-order valence-electron chi connectivity index (χ1n) is 15.4. The zero-order valence-electron chi connectivity index (χ0n) is 26.1. The Bertz CT molecular complexity index is 1280. The third-order valence-electron chi connectivity index (χ3n) is 12.9. The van der Waals surface area contributed by atoms with E-state index in [1.807, 2.05) is 0 Å². The Balaban J connectivity index is 1.44. The minimum atomic E-state index is -1.73. The summed E-state index contributed by atoms with van der Waals surface area (Å²) in [5.74, 6) is -1.77. The Labute approximate surface area is 257 Å². The predicted molar refractivity (Wildman–Crippen MR) is 153 cm³/mol. The highest BCUT2D eigenvalue weighted by Crippen LogP contribution is 2.79. The molecule has 1 spiro atoms. The molecule has 5 saturated carbocycles. The Hall–Kier alpha value is -1.87. The molecule has 0 aromatic heterocycles. The van der Waals surface area contributed by atoms with Gasteiger partial charge in [0.15, 0.2) is 0 Å². The summed E-state index contributed by atoms with van der Waals surface area (Å²) < 4.78 is 42.5. The molecule has 244 valence electrons. The zero-order valence-corrected chi connectivity index (χ0v) is 26.1. The van der Waals surface area contributed by atoms with Crippen molar-refractivity contribution in [1.29, 1.82) is 0 Å². The van der Waals surface area contributed by atoms with Gasteiger partial charge in [0.05, 0.1) is 37.6 Å². The topological polar surface area (TPSA) is 154 Å². The van der Waals surface area contributed by atoms with Crippen molar-refractivity contribution in [3.05, 3.63) is 29.8 Å². The van der Waals surface area contributed by atoms with Crippen molar-refractivity contribution in [3.8, 4) is 5.75 Å². The second-order valence-electron chi connectivity index (χ2n) is 13.7. The Morgan fingerprint density at radius 3 is 2.30 bits per heavy atom. The molecule has 12 heteroatoms. The fourth-order valence-electron chi connectivity index (χ4n) is 11.8. The monoisotopic (exact) mass is 619 g/mol. The first kappa shape index (κ1) is 30.8. The summed E-state index contributed by atoms with van der Waals surface area (Å²) >= 11 is 0. The number of esters is 1. The van der Waals surface area contributed by atoms with Crippen LogP contribution in [-0.2, 0) is 28.4 Å². The van der Waals surface area contributed by atoms with E-state index >= 15 is 0 Å². The van der Waals surface area contributed by atoms with Gasteiger partial charge in [0.2, 0.25) is 0 Å². The fraction of sp³-hybridized carbons (Fsp3) is 0.781. The summed E-state index contributed by atoms with van der Waals surface area (Å²) in [6.45, 7) is 0.761. The Morgan fingerprint density at radius 2 is 1.70 bits per heavy atom. The van der Waals surface area contributed by atoms with Gasteiger partial charge in [0.25, 0.3) is 0 Å². The quantitative estimate of drug-likeness (QED) is 0.275. The Morgan fingerprint density at radius 1 is 0.977 bits per heavy atom. The first-order chi connectivity index (χ1) is 21.1. The molecule has 1 heterocycles. The van der Waals surface area contributed by atoms with Crippen molar-refractivity contribution in [2.45, 2.75) is 66.7 Å². The van der Waals surface area contributed by atoms with E-state index in [-0.39, 0.29) is 30.9 Å². The minimum Gasteiger partial charge on any atom is -0.497 e. The number of carbonyl (C=O) groups is 1. The fourth-order valence-corrected chi connectivity index (χ4v) is 11.8. The van der Waals surface area contributed by atoms with Gasteiger partial charge >= 0.3 is 5.97 Å². The molecular weight excluding hydrogens is 574 g/mol. The van der Waals surface area contributed by atoms with Gasteiger partial charge in [-0.15, -0.1) is 0 Å². The van der Waals surface area contributed by atoms with E-state index in [0.29, 0.717) is 24.3 Å². The molecule has 0 radical (unpaired) electrons. The van der Waals surface area contributed by atoms with Crippen molar-refractivity contribution >= 4 is 5.97 Å². The summed E-state index contributed by atoms with van der Waals surface area (Å²) in [6.07, 6.45) is -4.61. The van der Waals surface area contributed by atoms with E-state index in [2.05, 4.69) is 5.32 Å². The van der Waals surface area contributed by atoms with Crippen molar-refractivity contribution in [1.82, 2.24) is 5.32 Å². The van der Waals surface area contributed by atoms with Crippen LogP contribution < -0.4 is 10.1 Å². The third kappa shape index (κ3) is 3.32. The van der Waals surface area contributed by atoms with Gasteiger partial charge < -0.3 is 53.8 Å². The minimum absolute atomic E-state index is 0.162. The molecule has 4 N–H and O–H groups in total. The van der Waals surface area contributed by atoms with Crippen LogP contribution in [0.5, 0.6) is 5.75 Å². The maximum atomic E-state index is 13.7. The van der Waals surface area contributed by atoms with Crippen LogP contribution in [0.4, 0.5) is 0 Å². The first-order valence-corrected chi connectivity index (χ1v) is 15.4. The van der Waals surface area contributed by atoms with E-state index in [0.717, 1.165) is 0 Å². The number of methoxy groups -OCH3 is 6. The highest BCUT2D eigenvalue weighted by molar-refractivity contribution is 5.89. The van der Waals surface area contributed by atoms with Gasteiger partial charge in [0.1, 0.15) is 35.3 Å². The SMILES string of the molecule is COC[C@]12CN[C@@H]3[C@@H]4[C@H](OC)[C@H]1[C@@]3([C@@H](OC)CC2O)[C@@H]1C[C@]2(O)[C@H](OC(=O)c3ccc(OC)cc3)[C@@H]1[C@]4(OC)[C@@H](O)[C@@H]2OC. The van der Waals surface area contributed by atoms with Gasteiger partial charge in [-0.2, -0.15) is 0 Å². The number of aliphatic hydroxyl groups is 3. The average Bonchev–Trinajstić information content (AvgIpc) is 3.37. The van der Waals surface area contributed by atoms with Crippen LogP contribution >= 0.6 is 0 Å². The van der Waals surface area contributed by atoms with E-state index in [1.165, 1.54) is 7.11 Å². The number of nitrogens with one attached hydrogen (secondary N) is 1. The lowest BCUT2D eigenvalue weighted by atomic mass is 9.43. The number of carbonyl (C=O) groups excluding carboxylic acids is 1. The number of hydrogen-bond donors (Lipinski definition) is 4. The Kier molecular flexibility index (Phi) is 7.21. The summed E-state index contributed by atoms with van der Waals surface area (Å²) in [7, 11) is 9.49. The van der Waals surface area contributed by atoms with Crippen LogP contribution in [0, 0.1) is 34.5 Å². The molecule has 5 aliphatic carbocycles. The summed E-state index contributed by atoms with van der Waals surface area (Å²) in [4.78, 5) is 13.7. The molecule has 44 heavy (non-hydrogen) atoms. The molecule has 6 fully saturated rings. The van der Waals surface area contributed by atoms with E-state index in [4.69, 9.17) is 33.2 Å². The highest BCUT2D eigenvalue weighted by Gasteiger charge is 2.90. The van der Waals surface area contributed by atoms with Crippen molar-refractivity contribution < 1.29 is 53.3 Å². The molecule has 7 rings (SSSR count). The molecule has 12 nitrogen and oxygen atoms in total. The van der Waals surface area contributed by atoms with Crippen molar-refractivity contribution in [2.24, 2.45) is 34.5 Å². The molecule has 6 aliphatic rings. The normalized spacial score (nSPS) is 51.2. The molecule has 15 atom stereocenters. The number of ether oxygens (including phenoxy) is 7. The largest absolute Gasteiger partial charge is 0.497 e. The van der Waals surface area contributed by atoms with Crippen molar-refractivity contribution in [3.63, 3.8) is 0 Å². The second-order valence-corrected chi connectivity index (χ2v) is 13.7. The smallest absolute Gasteiger partial charge is 0.338 e. The van der Waals surface area contributed by atoms with E-state index in [9.17, 15) is 20.1 Å². The van der Waals surface area contributed by atoms with Crippen LogP contribution in [0.2, 0.25) is 0 Å². The maximum absolute atomic E-state index is 13.7. The van der Waals surface area contributed by atoms with Crippen LogP contribution in [-0.4, -0.2) is 131 Å². The predicted octanol–water partition coefficient (Wildman–Crippen LogP) is 0.00770. The van der Waals surface area contributed by atoms with Gasteiger partial charge in [0, 0.05) is 83.1 Å². The summed E-state index contributed by atoms with van der Waals surface area (Å²) in [5.41, 5.74) is -4.19. The third-order valence-corrected chi connectivity index (χ3v) is 12.9. The number of fused-ring (bicyclic) bond motifs is 2. The lowest BCUT2D eigenvalue weighted by Gasteiger charge is -2.68. The van der Waals surface area contributed by atoms with Crippen LogP contribution in [0.25, 0.3) is 0 Å². The van der Waals surface area contributed by atoms with Gasteiger partial charge in [-0.1, -0.05) is 0 Å². The second kappa shape index (κ2) is 10.3.